The lowest BCUT2D eigenvalue weighted by Gasteiger charge is -2.38. The van der Waals surface area contributed by atoms with E-state index in [0.717, 1.165) is 48.4 Å². The fraction of sp³-hybridized carbons (Fsp3) is 0.360. The smallest absolute Gasteiger partial charge is 0.265 e. The summed E-state index contributed by atoms with van der Waals surface area (Å²) >= 11 is 0. The van der Waals surface area contributed by atoms with Crippen LogP contribution in [0.1, 0.15) is 30.5 Å². The van der Waals surface area contributed by atoms with Crippen molar-refractivity contribution in [3.05, 3.63) is 65.6 Å². The molecule has 0 N–H and O–H groups in total. The number of rotatable bonds is 4. The van der Waals surface area contributed by atoms with Crippen molar-refractivity contribution in [2.75, 3.05) is 24.5 Å². The van der Waals surface area contributed by atoms with Gasteiger partial charge in [-0.05, 0) is 62.6 Å². The number of para-hydroxylation sites is 2. The van der Waals surface area contributed by atoms with Crippen LogP contribution >= 0.6 is 0 Å². The molecule has 0 radical (unpaired) electrons. The molecular weight excluding hydrogens is 409 g/mol. The van der Waals surface area contributed by atoms with Crippen LogP contribution in [0.15, 0.2) is 53.1 Å². The fourth-order valence-electron chi connectivity index (χ4n) is 4.47. The second kappa shape index (κ2) is 8.65. The number of piperidine rings is 1. The Bertz CT molecular complexity index is 1110. The van der Waals surface area contributed by atoms with E-state index in [9.17, 15) is 9.18 Å². The maximum absolute atomic E-state index is 13.3. The van der Waals surface area contributed by atoms with Gasteiger partial charge in [0.1, 0.15) is 17.3 Å². The van der Waals surface area contributed by atoms with Crippen LogP contribution in [0.25, 0.3) is 11.3 Å². The largest absolute Gasteiger partial charge is 0.477 e. The number of hydrogen-bond acceptors (Lipinski definition) is 5. The van der Waals surface area contributed by atoms with E-state index in [1.54, 1.807) is 12.1 Å². The Morgan fingerprint density at radius 2 is 1.84 bits per heavy atom. The Morgan fingerprint density at radius 3 is 2.62 bits per heavy atom. The molecule has 166 valence electrons. The molecule has 1 unspecified atom stereocenters. The Morgan fingerprint density at radius 1 is 1.09 bits per heavy atom. The summed E-state index contributed by atoms with van der Waals surface area (Å²) in [5.74, 6) is 1.09. The molecule has 1 fully saturated rings. The number of halogens is 1. The molecule has 5 rings (SSSR count). The minimum absolute atomic E-state index is 0.0491. The lowest BCUT2D eigenvalue weighted by atomic mass is 10.1. The number of ether oxygens (including phenoxy) is 1. The van der Waals surface area contributed by atoms with E-state index < -0.39 is 6.10 Å². The average Bonchev–Trinajstić information content (AvgIpc) is 3.19. The lowest BCUT2D eigenvalue weighted by molar-refractivity contribution is -0.139. The highest BCUT2D eigenvalue weighted by atomic mass is 19.1. The van der Waals surface area contributed by atoms with Gasteiger partial charge in [0, 0.05) is 24.2 Å². The first kappa shape index (κ1) is 20.5. The number of carbonyl (C=O) groups is 1. The van der Waals surface area contributed by atoms with Gasteiger partial charge in [0.15, 0.2) is 11.9 Å². The molecule has 0 bridgehead atoms. The topological polar surface area (TPSA) is 58.8 Å². The third kappa shape index (κ3) is 3.95. The van der Waals surface area contributed by atoms with Crippen molar-refractivity contribution in [3.8, 4) is 17.1 Å². The van der Waals surface area contributed by atoms with E-state index in [1.165, 1.54) is 18.6 Å². The molecule has 0 spiro atoms. The van der Waals surface area contributed by atoms with E-state index in [0.29, 0.717) is 24.6 Å². The highest BCUT2D eigenvalue weighted by molar-refractivity contribution is 5.83. The molecule has 3 aromatic rings. The minimum Gasteiger partial charge on any atom is -0.477 e. The van der Waals surface area contributed by atoms with E-state index >= 15 is 0 Å². The molecule has 6 nitrogen and oxygen atoms in total. The quantitative estimate of drug-likeness (QED) is 0.601. The van der Waals surface area contributed by atoms with E-state index in [2.05, 4.69) is 10.1 Å². The first-order valence-electron chi connectivity index (χ1n) is 11.1. The summed E-state index contributed by atoms with van der Waals surface area (Å²) in [5.41, 5.74) is 3.40. The summed E-state index contributed by atoms with van der Waals surface area (Å²) < 4.78 is 25.0. The molecule has 1 atom stereocenters. The first-order chi connectivity index (χ1) is 15.6. The summed E-state index contributed by atoms with van der Waals surface area (Å²) in [6.45, 7) is 4.48. The summed E-state index contributed by atoms with van der Waals surface area (Å²) in [5, 5.41) is 4.29. The Kier molecular flexibility index (Phi) is 5.55. The summed E-state index contributed by atoms with van der Waals surface area (Å²) in [6, 6.07) is 14.0. The molecule has 2 aliphatic rings. The third-order valence-electron chi connectivity index (χ3n) is 6.27. The van der Waals surface area contributed by atoms with E-state index in [1.807, 2.05) is 36.1 Å². The zero-order valence-corrected chi connectivity index (χ0v) is 18.1. The number of carbonyl (C=O) groups excluding carboxylic acids is 1. The van der Waals surface area contributed by atoms with Crippen molar-refractivity contribution < 1.29 is 18.4 Å². The number of fused-ring (bicyclic) bond motifs is 1. The van der Waals surface area contributed by atoms with Crippen LogP contribution < -0.4 is 9.64 Å². The van der Waals surface area contributed by atoms with Crippen molar-refractivity contribution in [3.63, 3.8) is 0 Å². The van der Waals surface area contributed by atoms with Crippen LogP contribution in [0, 0.1) is 12.7 Å². The van der Waals surface area contributed by atoms with Crippen molar-refractivity contribution in [2.24, 2.45) is 0 Å². The predicted molar refractivity (Wildman–Crippen MR) is 119 cm³/mol. The number of nitrogens with zero attached hydrogens (tertiary/aromatic N) is 3. The monoisotopic (exact) mass is 435 g/mol. The second-order valence-electron chi connectivity index (χ2n) is 8.43. The molecule has 1 saturated heterocycles. The number of benzene rings is 2. The first-order valence-corrected chi connectivity index (χ1v) is 11.1. The molecule has 3 heterocycles. The van der Waals surface area contributed by atoms with E-state index in [4.69, 9.17) is 9.26 Å². The summed E-state index contributed by atoms with van der Waals surface area (Å²) in [4.78, 5) is 17.2. The molecule has 32 heavy (non-hydrogen) atoms. The molecule has 7 heteroatoms. The van der Waals surface area contributed by atoms with Gasteiger partial charge in [0.25, 0.3) is 5.91 Å². The van der Waals surface area contributed by atoms with Crippen LogP contribution in [0.4, 0.5) is 10.1 Å². The zero-order valence-electron chi connectivity index (χ0n) is 18.1. The van der Waals surface area contributed by atoms with Crippen molar-refractivity contribution in [1.29, 1.82) is 0 Å². The van der Waals surface area contributed by atoms with Gasteiger partial charge in [-0.2, -0.15) is 0 Å². The van der Waals surface area contributed by atoms with Gasteiger partial charge >= 0.3 is 0 Å². The molecule has 2 aromatic carbocycles. The highest BCUT2D eigenvalue weighted by Crippen LogP contribution is 2.36. The SMILES string of the molecule is Cc1c(CN2CC(C(=O)N3CCCCC3)Oc3ccccc32)noc1-c1ccc(F)cc1. The van der Waals surface area contributed by atoms with Crippen LogP contribution in [-0.2, 0) is 11.3 Å². The lowest BCUT2D eigenvalue weighted by Crippen LogP contribution is -2.51. The van der Waals surface area contributed by atoms with Crippen LogP contribution in [0.2, 0.25) is 0 Å². The van der Waals surface area contributed by atoms with Gasteiger partial charge < -0.3 is 19.1 Å². The van der Waals surface area contributed by atoms with Crippen LogP contribution in [0.3, 0.4) is 0 Å². The maximum atomic E-state index is 13.3. The Labute approximate surface area is 186 Å². The second-order valence-corrected chi connectivity index (χ2v) is 8.43. The van der Waals surface area contributed by atoms with Gasteiger partial charge in [-0.1, -0.05) is 17.3 Å². The van der Waals surface area contributed by atoms with E-state index in [-0.39, 0.29) is 11.7 Å². The fourth-order valence-corrected chi connectivity index (χ4v) is 4.47. The number of amides is 1. The van der Waals surface area contributed by atoms with Crippen molar-refractivity contribution in [1.82, 2.24) is 10.1 Å². The van der Waals surface area contributed by atoms with Gasteiger partial charge in [-0.15, -0.1) is 0 Å². The molecule has 2 aliphatic heterocycles. The van der Waals surface area contributed by atoms with Gasteiger partial charge in [-0.3, -0.25) is 4.79 Å². The predicted octanol–water partition coefficient (Wildman–Crippen LogP) is 4.57. The van der Waals surface area contributed by atoms with Crippen LogP contribution in [-0.4, -0.2) is 41.7 Å². The van der Waals surface area contributed by atoms with Gasteiger partial charge in [-0.25, -0.2) is 4.39 Å². The van der Waals surface area contributed by atoms with Gasteiger partial charge in [0.05, 0.1) is 18.8 Å². The minimum atomic E-state index is -0.549. The highest BCUT2D eigenvalue weighted by Gasteiger charge is 2.34. The number of aromatic nitrogens is 1. The van der Waals surface area contributed by atoms with Gasteiger partial charge in [0.2, 0.25) is 0 Å². The third-order valence-corrected chi connectivity index (χ3v) is 6.27. The normalized spacial score (nSPS) is 18.2. The Hall–Kier alpha value is -3.35. The van der Waals surface area contributed by atoms with Crippen molar-refractivity contribution >= 4 is 11.6 Å². The molecule has 1 amide bonds. The molecule has 0 aliphatic carbocycles. The zero-order chi connectivity index (χ0) is 22.1. The standard InChI is InChI=1S/C25H26FN3O3/c1-17-20(27-32-24(17)18-9-11-19(26)12-10-18)15-29-16-23(25(30)28-13-5-2-6-14-28)31-22-8-4-3-7-21(22)29/h3-4,7-12,23H,2,5-6,13-16H2,1H3. The molecule has 0 saturated carbocycles. The van der Waals surface area contributed by atoms with Crippen LogP contribution in [0.5, 0.6) is 5.75 Å². The summed E-state index contributed by atoms with van der Waals surface area (Å²) in [7, 11) is 0. The number of hydrogen-bond donors (Lipinski definition) is 0. The number of likely N-dealkylation sites (tertiary alicyclic amines) is 1. The molecule has 1 aromatic heterocycles. The molecular formula is C25H26FN3O3. The van der Waals surface area contributed by atoms with Crippen molar-refractivity contribution in [2.45, 2.75) is 38.8 Å². The number of anilines is 1. The maximum Gasteiger partial charge on any atom is 0.265 e. The Balaban J connectivity index is 1.40. The summed E-state index contributed by atoms with van der Waals surface area (Å²) in [6.07, 6.45) is 2.71. The average molecular weight is 435 g/mol.